The molecule has 9 N–H and O–H groups in total. The molecular weight excluding hydrogens is 1370 g/mol. The lowest BCUT2D eigenvalue weighted by Gasteiger charge is -2.33. The molecule has 106 heavy (non-hydrogen) atoms. The highest BCUT2D eigenvalue weighted by Crippen LogP contribution is 2.27. The van der Waals surface area contributed by atoms with E-state index in [4.69, 9.17) is 29.4 Å². The SMILES string of the molecule is C/C=C(\C)[C@H]1OC(=O)[C@@H](C)NC(=O)[C@H](C(C)CC)NC(=O)CN(C)C(=O)[C@@H](Cc2ccccc2)N(C)C(=O)[C@H](C)NC(=O)[C@@H](CC(C)C)OC(=O)/C(C)=C/C[C@H](OC(=O)N(C)CCN(C)C(=O)OCc2ccc(NC(=O)[C@H](CCCNC(N)=O)NC(=O)[C@@H](NC(=O)OCc3ccccc3)C(C)C)cc2)[C@@H]1C. The lowest BCUT2D eigenvalue weighted by molar-refractivity contribution is -0.155. The maximum atomic E-state index is 14.4. The van der Waals surface area contributed by atoms with E-state index >= 15 is 0 Å². The Bertz CT molecular complexity index is 3540. The van der Waals surface area contributed by atoms with Crippen molar-refractivity contribution in [3.63, 3.8) is 0 Å². The number of nitrogens with zero attached hydrogens (tertiary/aromatic N) is 4. The predicted octanol–water partition coefficient (Wildman–Crippen LogP) is 6.41. The highest BCUT2D eigenvalue weighted by atomic mass is 16.6. The Morgan fingerprint density at radius 2 is 1.31 bits per heavy atom. The molecule has 0 aliphatic carbocycles. The summed E-state index contributed by atoms with van der Waals surface area (Å²) in [5.41, 5.74) is 8.03. The number of carbonyl (C=O) groups is 13. The van der Waals surface area contributed by atoms with Crippen molar-refractivity contribution in [3.05, 3.63) is 125 Å². The van der Waals surface area contributed by atoms with Crippen molar-refractivity contribution < 1.29 is 86.0 Å². The number of anilines is 1. The van der Waals surface area contributed by atoms with Gasteiger partial charge in [-0.1, -0.05) is 140 Å². The molecule has 12 amide bonds. The van der Waals surface area contributed by atoms with E-state index in [9.17, 15) is 62.3 Å². The standard InChI is InChI=1S/C76H110N12O18/c1-17-47(7)63-68(93)80-52(12)72(97)106-64(48(8)18-2)50(10)59(36-31-49(9)71(96)104-60(40-45(3)4)66(91)79-51(11)69(94)88(16)58(41-53-26-21-19-22-27-53)70(95)87(15)42-61(89)83-63)105-76(101)86(14)39-38-85(13)75(100)103-44-55-32-34-56(35-33-55)81-65(90)57(30-25-37-78-73(77)98)82-67(92)62(46(5)6)84-74(99)102-43-54-28-23-20-24-29-54/h18-24,26-29,31-35,45-47,50-52,57-60,62-64H,17,25,30,36-44H2,1-16H3,(H,79,91)(H,80,93)(H,81,90)(H,82,92)(H,83,89)(H,84,99)(H3,77,78,98)/b48-18+,49-31+/t47?,50-,51-,52+,57-,58+,59-,60+,62-,63-,64+/m0/s1. The van der Waals surface area contributed by atoms with E-state index in [1.165, 1.54) is 69.7 Å². The Balaban J connectivity index is 1.54. The molecule has 1 aliphatic heterocycles. The van der Waals surface area contributed by atoms with Crippen LogP contribution >= 0.6 is 0 Å². The number of hydrogen-bond acceptors (Lipinski definition) is 18. The summed E-state index contributed by atoms with van der Waals surface area (Å²) in [6, 6.07) is 16.3. The number of benzene rings is 3. The minimum Gasteiger partial charge on any atom is -0.456 e. The van der Waals surface area contributed by atoms with E-state index in [2.05, 4.69) is 37.2 Å². The van der Waals surface area contributed by atoms with Crippen molar-refractivity contribution in [1.29, 1.82) is 0 Å². The first-order valence-corrected chi connectivity index (χ1v) is 35.7. The molecule has 0 spiro atoms. The Labute approximate surface area is 621 Å². The van der Waals surface area contributed by atoms with E-state index in [-0.39, 0.29) is 76.4 Å². The van der Waals surface area contributed by atoms with Crippen LogP contribution in [0.2, 0.25) is 0 Å². The number of likely N-dealkylation sites (N-methyl/N-ethyl adjacent to an activating group) is 4. The Hall–Kier alpha value is -10.6. The molecule has 30 heteroatoms. The zero-order valence-corrected chi connectivity index (χ0v) is 63.9. The lowest BCUT2D eigenvalue weighted by atomic mass is 9.90. The second kappa shape index (κ2) is 43.7. The van der Waals surface area contributed by atoms with Gasteiger partial charge in [0, 0.05) is 77.8 Å². The summed E-state index contributed by atoms with van der Waals surface area (Å²) in [5.74, 6) is -8.56. The van der Waals surface area contributed by atoms with E-state index in [1.807, 2.05) is 26.8 Å². The topological polar surface area (TPSA) is 391 Å². The number of allylic oxidation sites excluding steroid dienone is 1. The van der Waals surface area contributed by atoms with Crippen LogP contribution in [0.5, 0.6) is 0 Å². The normalized spacial score (nSPS) is 21.4. The van der Waals surface area contributed by atoms with Crippen molar-refractivity contribution in [2.45, 2.75) is 189 Å². The first kappa shape index (κ1) is 87.9. The monoisotopic (exact) mass is 1480 g/mol. The second-order valence-electron chi connectivity index (χ2n) is 27.6. The van der Waals surface area contributed by atoms with Gasteiger partial charge in [0.25, 0.3) is 5.91 Å². The van der Waals surface area contributed by atoms with Crippen molar-refractivity contribution in [1.82, 2.24) is 51.5 Å². The maximum absolute atomic E-state index is 14.4. The average Bonchev–Trinajstić information content (AvgIpc) is 0.832. The predicted molar refractivity (Wildman–Crippen MR) is 395 cm³/mol. The molecule has 0 fully saturated rings. The van der Waals surface area contributed by atoms with Gasteiger partial charge in [-0.25, -0.2) is 28.8 Å². The third-order valence-electron chi connectivity index (χ3n) is 18.1. The fraction of sp³-hybridized carbons (Fsp3) is 0.539. The number of esters is 2. The summed E-state index contributed by atoms with van der Waals surface area (Å²) in [5, 5.41) is 18.6. The molecule has 11 atom stereocenters. The largest absolute Gasteiger partial charge is 0.456 e. The molecule has 3 aromatic carbocycles. The summed E-state index contributed by atoms with van der Waals surface area (Å²) in [4.78, 5) is 183. The summed E-state index contributed by atoms with van der Waals surface area (Å²) in [7, 11) is 5.67. The van der Waals surface area contributed by atoms with Crippen LogP contribution in [0.25, 0.3) is 0 Å². The van der Waals surface area contributed by atoms with Crippen LogP contribution in [0.3, 0.4) is 0 Å². The number of cyclic esters (lactones) is 2. The Morgan fingerprint density at radius 3 is 1.90 bits per heavy atom. The number of nitrogens with one attached hydrogen (secondary N) is 7. The number of urea groups is 1. The van der Waals surface area contributed by atoms with Gasteiger partial charge in [0.05, 0.1) is 6.54 Å². The molecule has 0 aromatic heterocycles. The first-order chi connectivity index (χ1) is 50.0. The molecule has 1 unspecified atom stereocenters. The number of nitrogens with two attached hydrogens (primary N) is 1. The summed E-state index contributed by atoms with van der Waals surface area (Å²) in [6.07, 6.45) is -2.45. The second-order valence-corrected chi connectivity index (χ2v) is 27.6. The van der Waals surface area contributed by atoms with Gasteiger partial charge in [0.15, 0.2) is 6.10 Å². The minimum absolute atomic E-state index is 0.000720. The molecular formula is C76H110N12O18. The summed E-state index contributed by atoms with van der Waals surface area (Å²) in [6.45, 7) is 19.1. The fourth-order valence-corrected chi connectivity index (χ4v) is 11.0. The number of alkyl carbamates (subject to hydrolysis) is 1. The van der Waals surface area contributed by atoms with Crippen LogP contribution in [0.4, 0.5) is 24.9 Å². The first-order valence-electron chi connectivity index (χ1n) is 35.7. The van der Waals surface area contributed by atoms with Crippen LogP contribution in [0.15, 0.2) is 108 Å². The highest BCUT2D eigenvalue weighted by Gasteiger charge is 2.39. The van der Waals surface area contributed by atoms with Crippen LogP contribution in [-0.4, -0.2) is 206 Å². The molecule has 4 rings (SSSR count). The van der Waals surface area contributed by atoms with Gasteiger partial charge in [-0.2, -0.15) is 0 Å². The van der Waals surface area contributed by atoms with Gasteiger partial charge in [0.2, 0.25) is 35.4 Å². The van der Waals surface area contributed by atoms with Crippen LogP contribution in [0.1, 0.15) is 132 Å². The third-order valence-corrected chi connectivity index (χ3v) is 18.1. The van der Waals surface area contributed by atoms with Gasteiger partial charge in [0.1, 0.15) is 61.7 Å². The van der Waals surface area contributed by atoms with Gasteiger partial charge in [-0.15, -0.1) is 0 Å². The number of ether oxygens (including phenoxy) is 5. The number of hydrogen-bond donors (Lipinski definition) is 8. The molecule has 0 saturated carbocycles. The van der Waals surface area contributed by atoms with E-state index in [0.29, 0.717) is 28.8 Å². The number of primary amides is 1. The lowest BCUT2D eigenvalue weighted by Crippen LogP contribution is -2.57. The van der Waals surface area contributed by atoms with E-state index < -0.39 is 156 Å². The van der Waals surface area contributed by atoms with Gasteiger partial charge < -0.3 is 86.2 Å². The Kier molecular flexibility index (Phi) is 36.2. The van der Waals surface area contributed by atoms with E-state index in [1.54, 1.807) is 126 Å². The van der Waals surface area contributed by atoms with Gasteiger partial charge in [-0.3, -0.25) is 33.6 Å². The zero-order chi connectivity index (χ0) is 79.1. The number of rotatable bonds is 25. The smallest absolute Gasteiger partial charge is 0.409 e. The van der Waals surface area contributed by atoms with Crippen molar-refractivity contribution >= 4 is 83.3 Å². The summed E-state index contributed by atoms with van der Waals surface area (Å²) < 4.78 is 29.1. The average molecular weight is 1480 g/mol. The Morgan fingerprint density at radius 1 is 0.726 bits per heavy atom. The molecule has 0 radical (unpaired) electrons. The summed E-state index contributed by atoms with van der Waals surface area (Å²) >= 11 is 0. The van der Waals surface area contributed by atoms with Crippen molar-refractivity contribution in [3.8, 4) is 0 Å². The van der Waals surface area contributed by atoms with E-state index in [0.717, 1.165) is 10.5 Å². The number of amides is 12. The van der Waals surface area contributed by atoms with Gasteiger partial charge >= 0.3 is 36.2 Å². The zero-order valence-electron chi connectivity index (χ0n) is 63.9. The van der Waals surface area contributed by atoms with Crippen LogP contribution < -0.4 is 43.0 Å². The highest BCUT2D eigenvalue weighted by molar-refractivity contribution is 5.99. The third kappa shape index (κ3) is 28.8. The molecule has 3 aromatic rings. The molecule has 1 aliphatic rings. The quantitative estimate of drug-likeness (QED) is 0.0197. The molecule has 582 valence electrons. The van der Waals surface area contributed by atoms with Crippen molar-refractivity contribution in [2.75, 3.05) is 59.7 Å². The van der Waals surface area contributed by atoms with Gasteiger partial charge in [-0.05, 0) is 106 Å². The molecule has 0 bridgehead atoms. The fourth-order valence-electron chi connectivity index (χ4n) is 11.0. The molecule has 30 nitrogen and oxygen atoms in total. The molecule has 0 saturated heterocycles. The number of carbonyl (C=O) groups excluding carboxylic acids is 13. The minimum atomic E-state index is -1.41. The molecule has 1 heterocycles. The van der Waals surface area contributed by atoms with Crippen LogP contribution in [-0.2, 0) is 86.5 Å². The van der Waals surface area contributed by atoms with Crippen LogP contribution in [0, 0.1) is 23.7 Å². The van der Waals surface area contributed by atoms with Crippen molar-refractivity contribution in [2.24, 2.45) is 29.4 Å². The maximum Gasteiger partial charge on any atom is 0.409 e.